The highest BCUT2D eigenvalue weighted by Crippen LogP contribution is 2.23. The fraction of sp³-hybridized carbons (Fsp3) is 0.750. The minimum atomic E-state index is 0.286. The third-order valence-corrected chi connectivity index (χ3v) is 2.07. The highest BCUT2D eigenvalue weighted by molar-refractivity contribution is 5.06. The summed E-state index contributed by atoms with van der Waals surface area (Å²) < 4.78 is 5.36. The summed E-state index contributed by atoms with van der Waals surface area (Å²) in [5, 5.41) is 0. The molecule has 0 spiro atoms. The molecule has 1 saturated heterocycles. The molecule has 0 aromatic carbocycles. The van der Waals surface area contributed by atoms with Crippen LogP contribution < -0.4 is 0 Å². The molecule has 1 rings (SSSR count). The second-order valence-corrected chi connectivity index (χ2v) is 2.78. The van der Waals surface area contributed by atoms with Crippen LogP contribution in [0.2, 0.25) is 0 Å². The average molecular weight is 126 g/mol. The standard InChI is InChI=1S/C8H14O/c1-6-4-5-9-8(3)7(6)2/h6,8H,2,4-5H2,1,3H3. The SMILES string of the molecule is C=C1C(C)CCOC1C. The molecule has 0 amide bonds. The Labute approximate surface area is 56.7 Å². The van der Waals surface area contributed by atoms with E-state index >= 15 is 0 Å². The second-order valence-electron chi connectivity index (χ2n) is 2.78. The van der Waals surface area contributed by atoms with E-state index in [4.69, 9.17) is 4.74 Å². The minimum Gasteiger partial charge on any atom is -0.374 e. The van der Waals surface area contributed by atoms with Gasteiger partial charge in [0.2, 0.25) is 0 Å². The third-order valence-electron chi connectivity index (χ3n) is 2.07. The minimum absolute atomic E-state index is 0.286. The van der Waals surface area contributed by atoms with Gasteiger partial charge in [0, 0.05) is 6.61 Å². The quantitative estimate of drug-likeness (QED) is 0.451. The Balaban J connectivity index is 2.52. The molecule has 0 radical (unpaired) electrons. The Morgan fingerprint density at radius 3 is 2.67 bits per heavy atom. The molecule has 0 saturated carbocycles. The molecule has 0 aromatic rings. The lowest BCUT2D eigenvalue weighted by atomic mass is 9.93. The first-order chi connectivity index (χ1) is 4.22. The Bertz CT molecular complexity index is 106. The molecule has 2 unspecified atom stereocenters. The molecule has 0 aromatic heterocycles. The molecule has 0 aliphatic carbocycles. The van der Waals surface area contributed by atoms with Crippen molar-refractivity contribution in [3.8, 4) is 0 Å². The third kappa shape index (κ3) is 1.33. The van der Waals surface area contributed by atoms with Crippen molar-refractivity contribution in [3.05, 3.63) is 12.2 Å². The zero-order valence-corrected chi connectivity index (χ0v) is 6.18. The van der Waals surface area contributed by atoms with E-state index in [1.807, 2.05) is 0 Å². The Morgan fingerprint density at radius 1 is 1.56 bits per heavy atom. The van der Waals surface area contributed by atoms with Gasteiger partial charge in [0.05, 0.1) is 6.10 Å². The molecule has 1 fully saturated rings. The van der Waals surface area contributed by atoms with Gasteiger partial charge in [0.1, 0.15) is 0 Å². The predicted molar refractivity (Wildman–Crippen MR) is 38.3 cm³/mol. The zero-order valence-electron chi connectivity index (χ0n) is 6.18. The first kappa shape index (κ1) is 6.81. The topological polar surface area (TPSA) is 9.23 Å². The van der Waals surface area contributed by atoms with Gasteiger partial charge in [-0.05, 0) is 24.8 Å². The van der Waals surface area contributed by atoms with Crippen molar-refractivity contribution >= 4 is 0 Å². The summed E-state index contributed by atoms with van der Waals surface area (Å²) >= 11 is 0. The fourth-order valence-corrected chi connectivity index (χ4v) is 1.11. The van der Waals surface area contributed by atoms with Crippen LogP contribution in [0.1, 0.15) is 20.3 Å². The van der Waals surface area contributed by atoms with Crippen molar-refractivity contribution in [1.29, 1.82) is 0 Å². The second kappa shape index (κ2) is 2.53. The highest BCUT2D eigenvalue weighted by atomic mass is 16.5. The van der Waals surface area contributed by atoms with Crippen molar-refractivity contribution in [3.63, 3.8) is 0 Å². The van der Waals surface area contributed by atoms with Crippen molar-refractivity contribution < 1.29 is 4.74 Å². The molecule has 9 heavy (non-hydrogen) atoms. The first-order valence-electron chi connectivity index (χ1n) is 3.52. The normalized spacial score (nSPS) is 36.9. The fourth-order valence-electron chi connectivity index (χ4n) is 1.11. The summed E-state index contributed by atoms with van der Waals surface area (Å²) in [7, 11) is 0. The van der Waals surface area contributed by atoms with Gasteiger partial charge < -0.3 is 4.74 Å². The lowest BCUT2D eigenvalue weighted by Crippen LogP contribution is -2.23. The number of hydrogen-bond donors (Lipinski definition) is 0. The molecule has 1 heterocycles. The largest absolute Gasteiger partial charge is 0.374 e. The van der Waals surface area contributed by atoms with E-state index in [9.17, 15) is 0 Å². The lowest BCUT2D eigenvalue weighted by Gasteiger charge is -2.27. The van der Waals surface area contributed by atoms with Crippen LogP contribution in [0.25, 0.3) is 0 Å². The van der Waals surface area contributed by atoms with E-state index in [-0.39, 0.29) is 6.10 Å². The molecule has 0 bridgehead atoms. The van der Waals surface area contributed by atoms with Gasteiger partial charge in [-0.25, -0.2) is 0 Å². The molecule has 1 heteroatoms. The van der Waals surface area contributed by atoms with Crippen LogP contribution in [-0.4, -0.2) is 12.7 Å². The van der Waals surface area contributed by atoms with Crippen molar-refractivity contribution in [1.82, 2.24) is 0 Å². The van der Waals surface area contributed by atoms with E-state index in [1.165, 1.54) is 5.57 Å². The molecule has 2 atom stereocenters. The van der Waals surface area contributed by atoms with Gasteiger partial charge in [0.25, 0.3) is 0 Å². The maximum Gasteiger partial charge on any atom is 0.0756 e. The highest BCUT2D eigenvalue weighted by Gasteiger charge is 2.18. The maximum atomic E-state index is 5.36. The van der Waals surface area contributed by atoms with E-state index in [1.54, 1.807) is 0 Å². The van der Waals surface area contributed by atoms with Crippen molar-refractivity contribution in [2.24, 2.45) is 5.92 Å². The van der Waals surface area contributed by atoms with Gasteiger partial charge >= 0.3 is 0 Å². The van der Waals surface area contributed by atoms with E-state index < -0.39 is 0 Å². The van der Waals surface area contributed by atoms with Gasteiger partial charge in [-0.1, -0.05) is 13.5 Å². The summed E-state index contributed by atoms with van der Waals surface area (Å²) in [5.74, 6) is 0.661. The molecule has 0 N–H and O–H groups in total. The van der Waals surface area contributed by atoms with Crippen molar-refractivity contribution in [2.45, 2.75) is 26.4 Å². The van der Waals surface area contributed by atoms with Crippen molar-refractivity contribution in [2.75, 3.05) is 6.61 Å². The molecule has 1 aliphatic rings. The van der Waals surface area contributed by atoms with Crippen LogP contribution in [0.3, 0.4) is 0 Å². The summed E-state index contributed by atoms with van der Waals surface area (Å²) in [6.07, 6.45) is 1.43. The van der Waals surface area contributed by atoms with Crippen LogP contribution in [0.5, 0.6) is 0 Å². The number of ether oxygens (including phenoxy) is 1. The summed E-state index contributed by atoms with van der Waals surface area (Å²) in [6.45, 7) is 9.13. The van der Waals surface area contributed by atoms with E-state index in [2.05, 4.69) is 20.4 Å². The Morgan fingerprint density at radius 2 is 2.22 bits per heavy atom. The Kier molecular flexibility index (Phi) is 1.91. The van der Waals surface area contributed by atoms with Crippen LogP contribution in [0.15, 0.2) is 12.2 Å². The molecule has 1 aliphatic heterocycles. The average Bonchev–Trinajstić information content (AvgIpc) is 1.83. The number of rotatable bonds is 0. The van der Waals surface area contributed by atoms with Crippen LogP contribution in [-0.2, 0) is 4.74 Å². The Hall–Kier alpha value is -0.300. The monoisotopic (exact) mass is 126 g/mol. The molecule has 52 valence electrons. The lowest BCUT2D eigenvalue weighted by molar-refractivity contribution is 0.0494. The molecule has 1 nitrogen and oxygen atoms in total. The maximum absolute atomic E-state index is 5.36. The van der Waals surface area contributed by atoms with Crippen LogP contribution in [0.4, 0.5) is 0 Å². The van der Waals surface area contributed by atoms with Gasteiger partial charge in [0.15, 0.2) is 0 Å². The van der Waals surface area contributed by atoms with E-state index in [0.717, 1.165) is 13.0 Å². The first-order valence-corrected chi connectivity index (χ1v) is 3.52. The number of hydrogen-bond acceptors (Lipinski definition) is 1. The van der Waals surface area contributed by atoms with Gasteiger partial charge in [-0.2, -0.15) is 0 Å². The van der Waals surface area contributed by atoms with Crippen LogP contribution in [0, 0.1) is 5.92 Å². The molecular weight excluding hydrogens is 112 g/mol. The summed E-state index contributed by atoms with van der Waals surface area (Å²) in [6, 6.07) is 0. The zero-order chi connectivity index (χ0) is 6.85. The molecular formula is C8H14O. The van der Waals surface area contributed by atoms with Gasteiger partial charge in [-0.3, -0.25) is 0 Å². The van der Waals surface area contributed by atoms with Gasteiger partial charge in [-0.15, -0.1) is 0 Å². The predicted octanol–water partition coefficient (Wildman–Crippen LogP) is 1.99. The van der Waals surface area contributed by atoms with E-state index in [0.29, 0.717) is 5.92 Å². The van der Waals surface area contributed by atoms with Crippen LogP contribution >= 0.6 is 0 Å². The summed E-state index contributed by atoms with van der Waals surface area (Å²) in [5.41, 5.74) is 1.25. The smallest absolute Gasteiger partial charge is 0.0756 e. The summed E-state index contributed by atoms with van der Waals surface area (Å²) in [4.78, 5) is 0.